The minimum absolute atomic E-state index is 0.405. The number of hydrogen-bond acceptors (Lipinski definition) is 2. The Morgan fingerprint density at radius 2 is 2.00 bits per heavy atom. The minimum atomic E-state index is -0.488. The van der Waals surface area contributed by atoms with Gasteiger partial charge in [-0.15, -0.1) is 0 Å². The van der Waals surface area contributed by atoms with Gasteiger partial charge in [0.2, 0.25) is 0 Å². The normalized spacial score (nSPS) is 10.2. The molecule has 0 aliphatic carbocycles. The summed E-state index contributed by atoms with van der Waals surface area (Å²) in [5.41, 5.74) is 1.54. The molecule has 2 aromatic rings. The van der Waals surface area contributed by atoms with Crippen molar-refractivity contribution in [3.05, 3.63) is 59.5 Å². The Hall–Kier alpha value is -1.54. The number of hydrogen-bond donors (Lipinski definition) is 0. The average molecular weight is 221 g/mol. The summed E-state index contributed by atoms with van der Waals surface area (Å²) < 4.78 is 5.22. The Bertz CT molecular complexity index is 459. The van der Waals surface area contributed by atoms with Crippen LogP contribution in [0.3, 0.4) is 0 Å². The fourth-order valence-electron chi connectivity index (χ4n) is 1.37. The Morgan fingerprint density at radius 1 is 1.27 bits per heavy atom. The van der Waals surface area contributed by atoms with Crippen LogP contribution in [0.15, 0.2) is 47.1 Å². The van der Waals surface area contributed by atoms with Crippen LogP contribution in [0.2, 0.25) is 0 Å². The molecule has 0 saturated carbocycles. The summed E-state index contributed by atoms with van der Waals surface area (Å²) in [6.07, 6.45) is 2.05. The van der Waals surface area contributed by atoms with Crippen LogP contribution in [0.25, 0.3) is 0 Å². The predicted octanol–water partition coefficient (Wildman–Crippen LogP) is 3.25. The molecule has 2 rings (SSSR count). The van der Waals surface area contributed by atoms with Gasteiger partial charge < -0.3 is 4.42 Å². The fraction of sp³-hybridized carbons (Fsp3) is 0.0833. The molecule has 0 spiro atoms. The number of rotatable bonds is 3. The Labute approximate surface area is 92.5 Å². The van der Waals surface area contributed by atoms with Gasteiger partial charge in [-0.05, 0) is 23.2 Å². The van der Waals surface area contributed by atoms with E-state index in [4.69, 9.17) is 16.0 Å². The monoisotopic (exact) mass is 220 g/mol. The molecule has 15 heavy (non-hydrogen) atoms. The third-order valence-electron chi connectivity index (χ3n) is 2.10. The molecule has 0 aliphatic rings. The maximum absolute atomic E-state index is 10.8. The van der Waals surface area contributed by atoms with Gasteiger partial charge in [0.05, 0.1) is 5.56 Å². The van der Waals surface area contributed by atoms with Crippen molar-refractivity contribution in [1.82, 2.24) is 0 Å². The lowest BCUT2D eigenvalue weighted by Gasteiger charge is -1.95. The first-order valence-corrected chi connectivity index (χ1v) is 4.94. The topological polar surface area (TPSA) is 30.2 Å². The lowest BCUT2D eigenvalue weighted by atomic mass is 10.1. The molecule has 76 valence electrons. The summed E-state index contributed by atoms with van der Waals surface area (Å²) in [5.74, 6) is 0.741. The standard InChI is InChI=1S/C12H9ClO2/c13-12(14)10-7-11(15-8-10)6-9-4-2-1-3-5-9/h1-5,7-8H,6H2. The van der Waals surface area contributed by atoms with E-state index in [2.05, 4.69) is 0 Å². The molecule has 1 aromatic heterocycles. The summed E-state index contributed by atoms with van der Waals surface area (Å²) in [5, 5.41) is -0.488. The van der Waals surface area contributed by atoms with E-state index in [1.807, 2.05) is 30.3 Å². The van der Waals surface area contributed by atoms with Crippen molar-refractivity contribution >= 4 is 16.8 Å². The van der Waals surface area contributed by atoms with Gasteiger partial charge in [0.1, 0.15) is 12.0 Å². The molecule has 0 N–H and O–H groups in total. The van der Waals surface area contributed by atoms with Crippen LogP contribution in [-0.2, 0) is 6.42 Å². The number of carbonyl (C=O) groups is 1. The van der Waals surface area contributed by atoms with E-state index in [1.165, 1.54) is 6.26 Å². The first-order chi connectivity index (χ1) is 7.25. The van der Waals surface area contributed by atoms with Gasteiger partial charge in [0.25, 0.3) is 5.24 Å². The zero-order valence-electron chi connectivity index (χ0n) is 7.94. The third-order valence-corrected chi connectivity index (χ3v) is 2.32. The molecule has 0 aliphatic heterocycles. The van der Waals surface area contributed by atoms with Crippen LogP contribution < -0.4 is 0 Å². The Morgan fingerprint density at radius 3 is 2.60 bits per heavy atom. The van der Waals surface area contributed by atoms with E-state index in [0.29, 0.717) is 12.0 Å². The molecule has 2 nitrogen and oxygen atoms in total. The number of benzene rings is 1. The molecule has 0 bridgehead atoms. The van der Waals surface area contributed by atoms with Crippen molar-refractivity contribution in [2.24, 2.45) is 0 Å². The molecule has 0 amide bonds. The van der Waals surface area contributed by atoms with Crippen molar-refractivity contribution in [2.45, 2.75) is 6.42 Å². The zero-order chi connectivity index (χ0) is 10.7. The predicted molar refractivity (Wildman–Crippen MR) is 58.1 cm³/mol. The molecule has 0 radical (unpaired) electrons. The van der Waals surface area contributed by atoms with E-state index in [0.717, 1.165) is 11.3 Å². The number of furan rings is 1. The molecule has 0 unspecified atom stereocenters. The van der Waals surface area contributed by atoms with Crippen molar-refractivity contribution in [3.63, 3.8) is 0 Å². The van der Waals surface area contributed by atoms with E-state index in [-0.39, 0.29) is 0 Å². The van der Waals surface area contributed by atoms with Gasteiger partial charge >= 0.3 is 0 Å². The first kappa shape index (κ1) is 9.99. The van der Waals surface area contributed by atoms with Crippen LogP contribution in [-0.4, -0.2) is 5.24 Å². The van der Waals surface area contributed by atoms with Crippen LogP contribution in [0, 0.1) is 0 Å². The van der Waals surface area contributed by atoms with Crippen molar-refractivity contribution in [3.8, 4) is 0 Å². The summed E-state index contributed by atoms with van der Waals surface area (Å²) in [4.78, 5) is 10.8. The van der Waals surface area contributed by atoms with E-state index >= 15 is 0 Å². The van der Waals surface area contributed by atoms with Crippen LogP contribution in [0.5, 0.6) is 0 Å². The fourth-order valence-corrected chi connectivity index (χ4v) is 1.47. The molecule has 0 saturated heterocycles. The first-order valence-electron chi connectivity index (χ1n) is 4.57. The summed E-state index contributed by atoms with van der Waals surface area (Å²) in [6.45, 7) is 0. The molecular weight excluding hydrogens is 212 g/mol. The van der Waals surface area contributed by atoms with E-state index in [9.17, 15) is 4.79 Å². The number of carbonyl (C=O) groups excluding carboxylic acids is 1. The van der Waals surface area contributed by atoms with Crippen LogP contribution in [0.1, 0.15) is 21.7 Å². The second kappa shape index (κ2) is 4.32. The molecule has 3 heteroatoms. The maximum atomic E-state index is 10.8. The maximum Gasteiger partial charge on any atom is 0.255 e. The van der Waals surface area contributed by atoms with Gasteiger partial charge in [0.15, 0.2) is 0 Å². The SMILES string of the molecule is O=C(Cl)c1coc(Cc2ccccc2)c1. The van der Waals surface area contributed by atoms with Crippen molar-refractivity contribution in [2.75, 3.05) is 0 Å². The Kier molecular flexibility index (Phi) is 2.88. The smallest absolute Gasteiger partial charge is 0.255 e. The average Bonchev–Trinajstić information content (AvgIpc) is 2.68. The second-order valence-corrected chi connectivity index (χ2v) is 3.58. The van der Waals surface area contributed by atoms with Gasteiger partial charge in [0, 0.05) is 6.42 Å². The van der Waals surface area contributed by atoms with Gasteiger partial charge in [-0.25, -0.2) is 0 Å². The number of halogens is 1. The summed E-state index contributed by atoms with van der Waals surface area (Å²) in [6, 6.07) is 11.6. The van der Waals surface area contributed by atoms with Crippen LogP contribution in [0.4, 0.5) is 0 Å². The highest BCUT2D eigenvalue weighted by molar-refractivity contribution is 6.67. The highest BCUT2D eigenvalue weighted by Crippen LogP contribution is 2.14. The molecule has 1 aromatic carbocycles. The lowest BCUT2D eigenvalue weighted by Crippen LogP contribution is -1.85. The molecule has 0 fully saturated rings. The zero-order valence-corrected chi connectivity index (χ0v) is 8.70. The summed E-state index contributed by atoms with van der Waals surface area (Å²) in [7, 11) is 0. The largest absolute Gasteiger partial charge is 0.468 e. The van der Waals surface area contributed by atoms with Gasteiger partial charge in [-0.2, -0.15) is 0 Å². The Balaban J connectivity index is 2.15. The minimum Gasteiger partial charge on any atom is -0.468 e. The van der Waals surface area contributed by atoms with Crippen molar-refractivity contribution in [1.29, 1.82) is 0 Å². The molecule has 0 atom stereocenters. The highest BCUT2D eigenvalue weighted by Gasteiger charge is 2.07. The molecular formula is C12H9ClO2. The summed E-state index contributed by atoms with van der Waals surface area (Å²) >= 11 is 5.32. The second-order valence-electron chi connectivity index (χ2n) is 3.24. The van der Waals surface area contributed by atoms with Crippen molar-refractivity contribution < 1.29 is 9.21 Å². The van der Waals surface area contributed by atoms with E-state index in [1.54, 1.807) is 6.07 Å². The van der Waals surface area contributed by atoms with Gasteiger partial charge in [-0.3, -0.25) is 4.79 Å². The molecule has 1 heterocycles. The quantitative estimate of drug-likeness (QED) is 0.744. The lowest BCUT2D eigenvalue weighted by molar-refractivity contribution is 0.108. The van der Waals surface area contributed by atoms with Crippen LogP contribution >= 0.6 is 11.6 Å². The highest BCUT2D eigenvalue weighted by atomic mass is 35.5. The van der Waals surface area contributed by atoms with E-state index < -0.39 is 5.24 Å². The van der Waals surface area contributed by atoms with Gasteiger partial charge in [-0.1, -0.05) is 30.3 Å². The third kappa shape index (κ3) is 2.48.